The molecule has 0 atom stereocenters. The zero-order valence-electron chi connectivity index (χ0n) is 23.3. The van der Waals surface area contributed by atoms with E-state index >= 15 is 0 Å². The van der Waals surface area contributed by atoms with E-state index in [2.05, 4.69) is 14.8 Å². The minimum atomic E-state index is -1.03. The summed E-state index contributed by atoms with van der Waals surface area (Å²) in [5, 5.41) is 20.0. The summed E-state index contributed by atoms with van der Waals surface area (Å²) in [7, 11) is 0. The van der Waals surface area contributed by atoms with Crippen molar-refractivity contribution in [1.29, 1.82) is 0 Å². The highest BCUT2D eigenvalue weighted by Gasteiger charge is 2.19. The molecule has 230 valence electrons. The third-order valence-electron chi connectivity index (χ3n) is 7.78. The van der Waals surface area contributed by atoms with Crippen molar-refractivity contribution >= 4 is 52.7 Å². The van der Waals surface area contributed by atoms with Crippen molar-refractivity contribution < 1.29 is 28.6 Å². The Hall–Kier alpha value is -2.86. The quantitative estimate of drug-likeness (QED) is 0.225. The highest BCUT2D eigenvalue weighted by molar-refractivity contribution is 5.96. The van der Waals surface area contributed by atoms with Gasteiger partial charge in [-0.25, -0.2) is 9.18 Å². The smallest absolute Gasteiger partial charge is 0.352 e. The minimum Gasteiger partial charge on any atom is -0.488 e. The number of aliphatic hydroxyl groups is 1. The fourth-order valence-corrected chi connectivity index (χ4v) is 5.30. The van der Waals surface area contributed by atoms with Gasteiger partial charge in [-0.15, -0.1) is 24.8 Å². The molecule has 4 aromatic rings. The van der Waals surface area contributed by atoms with Crippen LogP contribution in [0.5, 0.6) is 5.75 Å². The number of hydrogen-bond acceptors (Lipinski definition) is 7. The van der Waals surface area contributed by atoms with Gasteiger partial charge >= 0.3 is 5.97 Å². The van der Waals surface area contributed by atoms with Gasteiger partial charge in [0.15, 0.2) is 0 Å². The molecule has 2 aromatic heterocycles. The number of benzene rings is 2. The first-order valence-corrected chi connectivity index (χ1v) is 13.9. The summed E-state index contributed by atoms with van der Waals surface area (Å²) < 4.78 is 24.4. The Morgan fingerprint density at radius 3 is 2.33 bits per heavy atom. The van der Waals surface area contributed by atoms with Crippen molar-refractivity contribution in [2.24, 2.45) is 5.73 Å². The Labute approximate surface area is 256 Å². The molecule has 9 nitrogen and oxygen atoms in total. The van der Waals surface area contributed by atoms with E-state index in [0.29, 0.717) is 28.3 Å². The second kappa shape index (κ2) is 15.6. The number of H-pyrrole nitrogens is 1. The Balaban J connectivity index is 0.000000237. The number of rotatable bonds is 7. The summed E-state index contributed by atoms with van der Waals surface area (Å²) in [6.07, 6.45) is 5.68. The normalized spacial score (nSPS) is 16.8. The fraction of sp³-hybridized carbons (Fsp3) is 0.433. The largest absolute Gasteiger partial charge is 0.488 e. The number of nitrogens with one attached hydrogen (secondary N) is 1. The van der Waals surface area contributed by atoms with Gasteiger partial charge in [-0.2, -0.15) is 0 Å². The van der Waals surface area contributed by atoms with E-state index in [4.69, 9.17) is 20.0 Å². The minimum absolute atomic E-state index is 0. The molecule has 2 saturated heterocycles. The van der Waals surface area contributed by atoms with E-state index in [0.717, 1.165) is 69.4 Å². The Kier molecular flexibility index (Phi) is 12.5. The van der Waals surface area contributed by atoms with Crippen LogP contribution in [0.2, 0.25) is 0 Å². The summed E-state index contributed by atoms with van der Waals surface area (Å²) in [6, 6.07) is 11.6. The Morgan fingerprint density at radius 1 is 1.00 bits per heavy atom. The molecule has 0 amide bonds. The number of carboxylic acid groups (broad SMARTS) is 1. The van der Waals surface area contributed by atoms with E-state index < -0.39 is 5.97 Å². The molecule has 6 rings (SSSR count). The number of likely N-dealkylation sites (tertiary alicyclic amines) is 2. The topological polar surface area (TPSA) is 128 Å². The van der Waals surface area contributed by atoms with E-state index in [1.54, 1.807) is 24.3 Å². The zero-order chi connectivity index (χ0) is 28.1. The van der Waals surface area contributed by atoms with Crippen molar-refractivity contribution in [3.8, 4) is 5.75 Å². The van der Waals surface area contributed by atoms with Crippen LogP contribution in [0.1, 0.15) is 41.7 Å². The number of aromatic nitrogens is 1. The standard InChI is InChI=1S/C18H12FNO4.C12H25N3O.2ClH/c19-11-4-5-12-10(9-24-17(12)6-11)8-23-16-3-1-2-14-13(16)7-15(20-14)18(21)22;13-11-1-5-14(6-2-11)9-10-15-7-3-12(16)4-8-15;;/h1-7,9,20H,8H2,(H,21,22);11-12,16H,1-10,13H2;2*1H. The van der Waals surface area contributed by atoms with E-state index in [9.17, 15) is 14.3 Å². The average Bonchev–Trinajstić information content (AvgIpc) is 3.57. The molecule has 0 saturated carbocycles. The molecular formula is C30H39Cl2FN4O5. The van der Waals surface area contributed by atoms with Crippen molar-refractivity contribution in [3.63, 3.8) is 0 Å². The molecule has 0 aliphatic carbocycles. The number of furan rings is 1. The Bertz CT molecular complexity index is 1410. The fourth-order valence-electron chi connectivity index (χ4n) is 5.30. The summed E-state index contributed by atoms with van der Waals surface area (Å²) >= 11 is 0. The number of fused-ring (bicyclic) bond motifs is 2. The molecule has 2 aliphatic rings. The number of piperidine rings is 2. The lowest BCUT2D eigenvalue weighted by molar-refractivity contribution is 0.0691. The van der Waals surface area contributed by atoms with Crippen LogP contribution in [-0.2, 0) is 6.61 Å². The van der Waals surface area contributed by atoms with Gasteiger partial charge < -0.3 is 39.9 Å². The second-order valence-corrected chi connectivity index (χ2v) is 10.6. The first kappa shape index (κ1) is 33.6. The van der Waals surface area contributed by atoms with Crippen LogP contribution in [0.15, 0.2) is 53.1 Å². The monoisotopic (exact) mass is 624 g/mol. The van der Waals surface area contributed by atoms with Crippen LogP contribution >= 0.6 is 24.8 Å². The van der Waals surface area contributed by atoms with E-state index in [-0.39, 0.29) is 49.0 Å². The van der Waals surface area contributed by atoms with Gasteiger partial charge in [0.25, 0.3) is 0 Å². The number of carbonyl (C=O) groups is 1. The van der Waals surface area contributed by atoms with Crippen LogP contribution in [0.4, 0.5) is 4.39 Å². The molecule has 2 aromatic carbocycles. The molecule has 42 heavy (non-hydrogen) atoms. The SMILES string of the molecule is Cl.Cl.NC1CCN(CCN2CCC(O)CC2)CC1.O=C(O)c1cc2c(OCc3coc4cc(F)ccc34)cccc2[nH]1. The number of nitrogens with two attached hydrogens (primary N) is 1. The van der Waals surface area contributed by atoms with Gasteiger partial charge in [0.05, 0.1) is 12.4 Å². The Morgan fingerprint density at radius 2 is 1.67 bits per heavy atom. The predicted molar refractivity (Wildman–Crippen MR) is 166 cm³/mol. The molecule has 2 fully saturated rings. The van der Waals surface area contributed by atoms with Gasteiger partial charge in [0, 0.05) is 60.1 Å². The van der Waals surface area contributed by atoms with Gasteiger partial charge in [-0.05, 0) is 69.1 Å². The number of carboxylic acids is 1. The van der Waals surface area contributed by atoms with Gasteiger partial charge in [0.2, 0.25) is 0 Å². The highest BCUT2D eigenvalue weighted by Crippen LogP contribution is 2.29. The molecule has 0 spiro atoms. The van der Waals surface area contributed by atoms with Crippen molar-refractivity contribution in [2.45, 2.75) is 44.4 Å². The third kappa shape index (κ3) is 8.59. The molecular weight excluding hydrogens is 586 g/mol. The van der Waals surface area contributed by atoms with Crippen LogP contribution in [0.3, 0.4) is 0 Å². The van der Waals surface area contributed by atoms with Crippen molar-refractivity contribution in [1.82, 2.24) is 14.8 Å². The zero-order valence-corrected chi connectivity index (χ0v) is 25.0. The summed E-state index contributed by atoms with van der Waals surface area (Å²) in [5.74, 6) is -0.824. The lowest BCUT2D eigenvalue weighted by Crippen LogP contribution is -2.45. The maximum absolute atomic E-state index is 13.2. The lowest BCUT2D eigenvalue weighted by atomic mass is 10.1. The maximum Gasteiger partial charge on any atom is 0.352 e. The molecule has 2 aliphatic heterocycles. The first-order chi connectivity index (χ1) is 19.4. The number of hydrogen-bond donors (Lipinski definition) is 4. The van der Waals surface area contributed by atoms with Crippen molar-refractivity contribution in [2.75, 3.05) is 39.3 Å². The molecule has 0 bridgehead atoms. The predicted octanol–water partition coefficient (Wildman–Crippen LogP) is 5.04. The van der Waals surface area contributed by atoms with E-state index in [1.165, 1.54) is 31.0 Å². The molecule has 4 heterocycles. The summed E-state index contributed by atoms with van der Waals surface area (Å²) in [4.78, 5) is 18.9. The third-order valence-corrected chi connectivity index (χ3v) is 7.78. The number of aromatic amines is 1. The second-order valence-electron chi connectivity index (χ2n) is 10.6. The molecule has 5 N–H and O–H groups in total. The number of aromatic carboxylic acids is 1. The molecule has 12 heteroatoms. The average molecular weight is 626 g/mol. The van der Waals surface area contributed by atoms with Crippen LogP contribution < -0.4 is 10.5 Å². The van der Waals surface area contributed by atoms with Gasteiger partial charge in [-0.1, -0.05) is 6.07 Å². The summed E-state index contributed by atoms with van der Waals surface area (Å²) in [5.41, 5.74) is 7.92. The van der Waals surface area contributed by atoms with Gasteiger partial charge in [-0.3, -0.25) is 0 Å². The number of aliphatic hydroxyl groups excluding tert-OH is 1. The number of halogens is 3. The molecule has 0 unspecified atom stereocenters. The number of nitrogens with zero attached hydrogens (tertiary/aromatic N) is 2. The summed E-state index contributed by atoms with van der Waals surface area (Å²) in [6.45, 7) is 7.01. The van der Waals surface area contributed by atoms with Crippen LogP contribution in [-0.4, -0.2) is 82.4 Å². The first-order valence-electron chi connectivity index (χ1n) is 13.9. The lowest BCUT2D eigenvalue weighted by Gasteiger charge is -2.34. The maximum atomic E-state index is 13.2. The van der Waals surface area contributed by atoms with Crippen LogP contribution in [0, 0.1) is 5.82 Å². The van der Waals surface area contributed by atoms with Crippen molar-refractivity contribution in [3.05, 3.63) is 65.8 Å². The number of ether oxygens (including phenoxy) is 1. The van der Waals surface area contributed by atoms with Crippen LogP contribution in [0.25, 0.3) is 21.9 Å². The highest BCUT2D eigenvalue weighted by atomic mass is 35.5. The molecule has 0 radical (unpaired) electrons. The van der Waals surface area contributed by atoms with E-state index in [1.807, 2.05) is 0 Å². The van der Waals surface area contributed by atoms with Gasteiger partial charge in [0.1, 0.15) is 29.5 Å².